The Hall–Kier alpha value is -1.62. The number of esters is 2. The highest BCUT2D eigenvalue weighted by atomic mass is 79.9. The first-order valence-corrected chi connectivity index (χ1v) is 14.3. The molecule has 0 amide bonds. The first kappa shape index (κ1) is 31.6. The molecule has 2 aromatic carbocycles. The fourth-order valence-electron chi connectivity index (χ4n) is 3.22. The number of rotatable bonds is 12. The number of ether oxygens (including phenoxy) is 4. The van der Waals surface area contributed by atoms with Crippen molar-refractivity contribution in [2.24, 2.45) is 0 Å². The van der Waals surface area contributed by atoms with E-state index < -0.39 is 17.4 Å². The van der Waals surface area contributed by atoms with Crippen molar-refractivity contribution in [3.8, 4) is 11.5 Å². The van der Waals surface area contributed by atoms with Crippen molar-refractivity contribution in [1.82, 2.24) is 0 Å². The summed E-state index contributed by atoms with van der Waals surface area (Å²) in [6, 6.07) is 7.76. The molecule has 0 aliphatic heterocycles. The van der Waals surface area contributed by atoms with Gasteiger partial charge in [-0.15, -0.1) is 0 Å². The van der Waals surface area contributed by atoms with Crippen LogP contribution in [0.2, 0.25) is 0 Å². The van der Waals surface area contributed by atoms with Gasteiger partial charge < -0.3 is 18.9 Å². The van der Waals surface area contributed by atoms with Crippen LogP contribution in [0.3, 0.4) is 0 Å². The van der Waals surface area contributed by atoms with Gasteiger partial charge in [0.15, 0.2) is 0 Å². The van der Waals surface area contributed by atoms with E-state index >= 15 is 0 Å². The molecular formula is C27H28Br4O6. The van der Waals surface area contributed by atoms with Crippen molar-refractivity contribution in [3.05, 3.63) is 77.6 Å². The van der Waals surface area contributed by atoms with Gasteiger partial charge in [-0.3, -0.25) is 0 Å². The van der Waals surface area contributed by atoms with Gasteiger partial charge in [-0.1, -0.05) is 39.1 Å². The number of hydrogen-bond donors (Lipinski definition) is 0. The summed E-state index contributed by atoms with van der Waals surface area (Å²) >= 11 is 14.8. The maximum atomic E-state index is 11.6. The fraction of sp³-hybridized carbons (Fsp3) is 0.333. The number of halogens is 4. The SMILES string of the molecule is C=C(C)C(=O)OCCOc1ccc(C(C)(C)c2c(Br)c(Br)c(OCCOC(=O)C(=C)C)c(Br)c2Br)cc1. The Bertz CT molecular complexity index is 1160. The molecule has 0 unspecified atom stereocenters. The quantitative estimate of drug-likeness (QED) is 0.0943. The largest absolute Gasteiger partial charge is 0.490 e. The summed E-state index contributed by atoms with van der Waals surface area (Å²) in [6.07, 6.45) is 0. The van der Waals surface area contributed by atoms with Crippen LogP contribution in [0.4, 0.5) is 0 Å². The summed E-state index contributed by atoms with van der Waals surface area (Å²) < 4.78 is 24.8. The molecule has 0 saturated carbocycles. The molecule has 37 heavy (non-hydrogen) atoms. The standard InChI is InChI=1S/C27H28Br4O6/c1-15(2)25(32)36-13-11-34-18-9-7-17(8-10-18)27(5,6)19-20(28)22(30)24(23(31)21(19)29)35-12-14-37-26(33)16(3)4/h7-10H,1,3,11-14H2,2,4-6H3. The van der Waals surface area contributed by atoms with Crippen molar-refractivity contribution in [2.75, 3.05) is 26.4 Å². The molecule has 2 rings (SSSR count). The molecule has 0 bridgehead atoms. The number of carbonyl (C=O) groups excluding carboxylic acids is 2. The molecule has 200 valence electrons. The van der Waals surface area contributed by atoms with Crippen LogP contribution in [0.5, 0.6) is 11.5 Å². The average molecular weight is 768 g/mol. The van der Waals surface area contributed by atoms with E-state index in [-0.39, 0.29) is 26.4 Å². The maximum absolute atomic E-state index is 11.6. The minimum Gasteiger partial charge on any atom is -0.490 e. The molecule has 0 aromatic heterocycles. The van der Waals surface area contributed by atoms with E-state index in [1.54, 1.807) is 13.8 Å². The summed E-state index contributed by atoms with van der Waals surface area (Å²) in [5.74, 6) is 0.351. The van der Waals surface area contributed by atoms with Crippen LogP contribution in [-0.4, -0.2) is 38.4 Å². The Morgan fingerprint density at radius 1 is 0.730 bits per heavy atom. The molecule has 0 saturated heterocycles. The topological polar surface area (TPSA) is 71.1 Å². The zero-order chi connectivity index (χ0) is 27.9. The molecule has 0 fully saturated rings. The van der Waals surface area contributed by atoms with Crippen LogP contribution in [0.1, 0.15) is 38.8 Å². The van der Waals surface area contributed by atoms with Gasteiger partial charge in [-0.25, -0.2) is 9.59 Å². The number of benzene rings is 2. The summed E-state index contributed by atoms with van der Waals surface area (Å²) in [6.45, 7) is 15.2. The van der Waals surface area contributed by atoms with Gasteiger partial charge >= 0.3 is 11.9 Å². The lowest BCUT2D eigenvalue weighted by molar-refractivity contribution is -0.140. The first-order valence-electron chi connectivity index (χ1n) is 11.2. The van der Waals surface area contributed by atoms with Crippen molar-refractivity contribution >= 4 is 75.7 Å². The number of carbonyl (C=O) groups is 2. The van der Waals surface area contributed by atoms with Crippen molar-refractivity contribution < 1.29 is 28.5 Å². The third-order valence-corrected chi connectivity index (χ3v) is 9.43. The lowest BCUT2D eigenvalue weighted by atomic mass is 9.78. The lowest BCUT2D eigenvalue weighted by Gasteiger charge is -2.30. The highest BCUT2D eigenvalue weighted by molar-refractivity contribution is 9.14. The average Bonchev–Trinajstić information content (AvgIpc) is 2.84. The van der Waals surface area contributed by atoms with Gasteiger partial charge in [0.25, 0.3) is 0 Å². The maximum Gasteiger partial charge on any atom is 0.333 e. The van der Waals surface area contributed by atoms with Gasteiger partial charge in [0.1, 0.15) is 37.9 Å². The number of hydrogen-bond acceptors (Lipinski definition) is 6. The van der Waals surface area contributed by atoms with Gasteiger partial charge in [-0.2, -0.15) is 0 Å². The van der Waals surface area contributed by atoms with Gasteiger partial charge in [0, 0.05) is 25.5 Å². The Kier molecular flexibility index (Phi) is 11.9. The predicted molar refractivity (Wildman–Crippen MR) is 158 cm³/mol. The monoisotopic (exact) mass is 764 g/mol. The van der Waals surface area contributed by atoms with Crippen LogP contribution in [0.15, 0.2) is 66.5 Å². The predicted octanol–water partition coefficient (Wildman–Crippen LogP) is 8.06. The Labute approximate surface area is 251 Å². The van der Waals surface area contributed by atoms with Crippen molar-refractivity contribution in [3.63, 3.8) is 0 Å². The van der Waals surface area contributed by atoms with E-state index in [0.29, 0.717) is 22.6 Å². The Balaban J connectivity index is 2.17. The summed E-state index contributed by atoms with van der Waals surface area (Å²) in [7, 11) is 0. The second-order valence-corrected chi connectivity index (χ2v) is 11.8. The highest BCUT2D eigenvalue weighted by Crippen LogP contribution is 2.51. The third kappa shape index (κ3) is 8.18. The van der Waals surface area contributed by atoms with Gasteiger partial charge in [-0.05, 0) is 101 Å². The molecule has 10 heteroatoms. The molecule has 0 heterocycles. The fourth-order valence-corrected chi connectivity index (χ4v) is 6.52. The van der Waals surface area contributed by atoms with Gasteiger partial charge in [0.05, 0.1) is 8.95 Å². The second kappa shape index (κ2) is 14.0. The van der Waals surface area contributed by atoms with E-state index in [0.717, 1.165) is 29.0 Å². The molecule has 0 aliphatic rings. The molecule has 2 aromatic rings. The second-order valence-electron chi connectivity index (χ2n) is 8.64. The van der Waals surface area contributed by atoms with Crippen molar-refractivity contribution in [1.29, 1.82) is 0 Å². The highest BCUT2D eigenvalue weighted by Gasteiger charge is 2.32. The minimum atomic E-state index is -0.455. The third-order valence-electron chi connectivity index (χ3n) is 5.27. The lowest BCUT2D eigenvalue weighted by Crippen LogP contribution is -2.21. The van der Waals surface area contributed by atoms with E-state index in [1.165, 1.54) is 0 Å². The summed E-state index contributed by atoms with van der Waals surface area (Å²) in [4.78, 5) is 23.0. The summed E-state index contributed by atoms with van der Waals surface area (Å²) in [5.41, 5.74) is 2.31. The van der Waals surface area contributed by atoms with Gasteiger partial charge in [0.2, 0.25) is 0 Å². The molecule has 0 N–H and O–H groups in total. The van der Waals surface area contributed by atoms with Crippen LogP contribution < -0.4 is 9.47 Å². The Morgan fingerprint density at radius 3 is 1.59 bits per heavy atom. The van der Waals surface area contributed by atoms with E-state index in [2.05, 4.69) is 90.7 Å². The molecule has 0 atom stereocenters. The normalized spacial score (nSPS) is 11.0. The van der Waals surface area contributed by atoms with Crippen LogP contribution in [0.25, 0.3) is 0 Å². The molecule has 6 nitrogen and oxygen atoms in total. The minimum absolute atomic E-state index is 0.0950. The van der Waals surface area contributed by atoms with E-state index in [9.17, 15) is 9.59 Å². The smallest absolute Gasteiger partial charge is 0.333 e. The molecule has 0 aliphatic carbocycles. The molecular weight excluding hydrogens is 740 g/mol. The molecule has 0 radical (unpaired) electrons. The zero-order valence-corrected chi connectivity index (χ0v) is 27.4. The summed E-state index contributed by atoms with van der Waals surface area (Å²) in [5, 5.41) is 0. The van der Waals surface area contributed by atoms with E-state index in [4.69, 9.17) is 18.9 Å². The van der Waals surface area contributed by atoms with Crippen molar-refractivity contribution in [2.45, 2.75) is 33.1 Å². The van der Waals surface area contributed by atoms with E-state index in [1.807, 2.05) is 24.3 Å². The Morgan fingerprint density at radius 2 is 1.16 bits per heavy atom. The molecule has 0 spiro atoms. The van der Waals surface area contributed by atoms with Crippen LogP contribution in [0, 0.1) is 0 Å². The van der Waals surface area contributed by atoms with Crippen LogP contribution >= 0.6 is 63.7 Å². The first-order chi connectivity index (χ1) is 17.3. The van der Waals surface area contributed by atoms with Crippen LogP contribution in [-0.2, 0) is 24.5 Å². The zero-order valence-electron chi connectivity index (χ0n) is 21.0.